The van der Waals surface area contributed by atoms with Gasteiger partial charge in [0.15, 0.2) is 0 Å². The van der Waals surface area contributed by atoms with E-state index in [4.69, 9.17) is 0 Å². The third-order valence-electron chi connectivity index (χ3n) is 4.39. The molecule has 150 valence electrons. The van der Waals surface area contributed by atoms with Gasteiger partial charge in [0.2, 0.25) is 0 Å². The second-order valence-corrected chi connectivity index (χ2v) is 8.46. The van der Waals surface area contributed by atoms with Crippen molar-refractivity contribution in [3.05, 3.63) is 89.5 Å². The van der Waals surface area contributed by atoms with E-state index in [0.29, 0.717) is 5.69 Å². The van der Waals surface area contributed by atoms with Crippen LogP contribution in [0.3, 0.4) is 0 Å². The van der Waals surface area contributed by atoms with Crippen LogP contribution in [0.5, 0.6) is 0 Å². The van der Waals surface area contributed by atoms with Gasteiger partial charge in [-0.2, -0.15) is 0 Å². The number of nitrogens with one attached hydrogen (secondary N) is 1. The molecular formula is C21H20FN3O3S. The lowest BCUT2D eigenvalue weighted by Gasteiger charge is -2.20. The van der Waals surface area contributed by atoms with Crippen molar-refractivity contribution in [2.75, 3.05) is 11.4 Å². The van der Waals surface area contributed by atoms with E-state index < -0.39 is 15.9 Å². The quantitative estimate of drug-likeness (QED) is 0.673. The van der Waals surface area contributed by atoms with Crippen molar-refractivity contribution in [3.8, 4) is 0 Å². The lowest BCUT2D eigenvalue weighted by Crippen LogP contribution is -2.28. The molecule has 1 N–H and O–H groups in total. The Kier molecular flexibility index (Phi) is 5.93. The number of carbonyl (C=O) groups excluding carboxylic acids is 1. The Morgan fingerprint density at radius 1 is 1.07 bits per heavy atom. The molecule has 0 saturated heterocycles. The predicted molar refractivity (Wildman–Crippen MR) is 109 cm³/mol. The highest BCUT2D eigenvalue weighted by molar-refractivity contribution is 7.92. The van der Waals surface area contributed by atoms with Gasteiger partial charge in [-0.05, 0) is 48.9 Å². The van der Waals surface area contributed by atoms with Gasteiger partial charge in [0.05, 0.1) is 10.6 Å². The maximum absolute atomic E-state index is 13.0. The van der Waals surface area contributed by atoms with Crippen molar-refractivity contribution in [2.45, 2.75) is 18.4 Å². The first-order chi connectivity index (χ1) is 13.8. The summed E-state index contributed by atoms with van der Waals surface area (Å²) in [5.74, 6) is -0.815. The molecule has 2 aromatic carbocycles. The molecule has 0 aliphatic rings. The molecule has 0 unspecified atom stereocenters. The van der Waals surface area contributed by atoms with Crippen LogP contribution in [0.25, 0.3) is 0 Å². The van der Waals surface area contributed by atoms with E-state index in [1.54, 1.807) is 36.4 Å². The highest BCUT2D eigenvalue weighted by Gasteiger charge is 2.22. The van der Waals surface area contributed by atoms with E-state index in [2.05, 4.69) is 10.3 Å². The molecule has 0 fully saturated rings. The number of pyridine rings is 1. The molecular weight excluding hydrogens is 393 g/mol. The number of hydrogen-bond donors (Lipinski definition) is 1. The summed E-state index contributed by atoms with van der Waals surface area (Å²) in [6, 6.07) is 15.2. The molecule has 0 aliphatic carbocycles. The molecule has 0 aliphatic heterocycles. The predicted octanol–water partition coefficient (Wildman–Crippen LogP) is 3.28. The second-order valence-electron chi connectivity index (χ2n) is 6.49. The first kappa shape index (κ1) is 20.5. The molecule has 0 spiro atoms. The standard InChI is InChI=1S/C21H20FN3O3S/c1-15-3-9-19(10-4-15)29(27,28)25(2)18-11-12-23-20(13-18)21(26)24-14-16-5-7-17(22)8-6-16/h3-13H,14H2,1-2H3,(H,24,26). The van der Waals surface area contributed by atoms with Crippen molar-refractivity contribution in [1.82, 2.24) is 10.3 Å². The minimum absolute atomic E-state index is 0.0792. The van der Waals surface area contributed by atoms with Crippen LogP contribution in [0, 0.1) is 12.7 Å². The Hall–Kier alpha value is -3.26. The fourth-order valence-corrected chi connectivity index (χ4v) is 3.81. The van der Waals surface area contributed by atoms with Crippen LogP contribution in [0.4, 0.5) is 10.1 Å². The summed E-state index contributed by atoms with van der Waals surface area (Å²) in [5.41, 5.74) is 2.08. The summed E-state index contributed by atoms with van der Waals surface area (Å²) in [6.07, 6.45) is 1.38. The van der Waals surface area contributed by atoms with Crippen LogP contribution in [-0.2, 0) is 16.6 Å². The lowest BCUT2D eigenvalue weighted by molar-refractivity contribution is 0.0946. The molecule has 1 amide bonds. The number of amides is 1. The minimum Gasteiger partial charge on any atom is -0.347 e. The molecule has 1 heterocycles. The molecule has 0 radical (unpaired) electrons. The van der Waals surface area contributed by atoms with Gasteiger partial charge >= 0.3 is 0 Å². The normalized spacial score (nSPS) is 11.1. The number of nitrogens with zero attached hydrogens (tertiary/aromatic N) is 2. The van der Waals surface area contributed by atoms with Gasteiger partial charge in [-0.25, -0.2) is 12.8 Å². The summed E-state index contributed by atoms with van der Waals surface area (Å²) >= 11 is 0. The van der Waals surface area contributed by atoms with Gasteiger partial charge in [-0.3, -0.25) is 14.1 Å². The average molecular weight is 413 g/mol. The van der Waals surface area contributed by atoms with Gasteiger partial charge in [0, 0.05) is 19.8 Å². The van der Waals surface area contributed by atoms with Gasteiger partial charge in [-0.1, -0.05) is 29.8 Å². The van der Waals surface area contributed by atoms with Crippen molar-refractivity contribution < 1.29 is 17.6 Å². The van der Waals surface area contributed by atoms with Gasteiger partial charge < -0.3 is 5.32 Å². The van der Waals surface area contributed by atoms with Crippen molar-refractivity contribution in [2.24, 2.45) is 0 Å². The summed E-state index contributed by atoms with van der Waals surface area (Å²) < 4.78 is 39.7. The highest BCUT2D eigenvalue weighted by Crippen LogP contribution is 2.22. The van der Waals surface area contributed by atoms with Crippen molar-refractivity contribution in [1.29, 1.82) is 0 Å². The van der Waals surface area contributed by atoms with Gasteiger partial charge in [0.1, 0.15) is 11.5 Å². The Bertz CT molecular complexity index is 1110. The largest absolute Gasteiger partial charge is 0.347 e. The smallest absolute Gasteiger partial charge is 0.270 e. The number of anilines is 1. The molecule has 1 aromatic heterocycles. The summed E-state index contributed by atoms with van der Waals surface area (Å²) in [7, 11) is -2.35. The summed E-state index contributed by atoms with van der Waals surface area (Å²) in [5, 5.41) is 2.69. The number of carbonyl (C=O) groups is 1. The third kappa shape index (κ3) is 4.78. The number of aryl methyl sites for hydroxylation is 1. The molecule has 0 saturated carbocycles. The molecule has 3 aromatic rings. The Labute approximate surface area is 169 Å². The number of hydrogen-bond acceptors (Lipinski definition) is 4. The number of rotatable bonds is 6. The Morgan fingerprint density at radius 2 is 1.72 bits per heavy atom. The second kappa shape index (κ2) is 8.40. The fourth-order valence-electron chi connectivity index (χ4n) is 2.62. The molecule has 29 heavy (non-hydrogen) atoms. The average Bonchev–Trinajstić information content (AvgIpc) is 2.73. The van der Waals surface area contributed by atoms with E-state index >= 15 is 0 Å². The Morgan fingerprint density at radius 3 is 2.38 bits per heavy atom. The van der Waals surface area contributed by atoms with Crippen LogP contribution in [0.2, 0.25) is 0 Å². The summed E-state index contributed by atoms with van der Waals surface area (Å²) in [4.78, 5) is 16.6. The van der Waals surface area contributed by atoms with Crippen molar-refractivity contribution in [3.63, 3.8) is 0 Å². The fraction of sp³-hybridized carbons (Fsp3) is 0.143. The SMILES string of the molecule is Cc1ccc(S(=O)(=O)N(C)c2ccnc(C(=O)NCc3ccc(F)cc3)c2)cc1. The molecule has 3 rings (SSSR count). The highest BCUT2D eigenvalue weighted by atomic mass is 32.2. The minimum atomic E-state index is -3.77. The van der Waals surface area contributed by atoms with E-state index in [0.717, 1.165) is 15.4 Å². The zero-order chi connectivity index (χ0) is 21.0. The number of benzene rings is 2. The van der Waals surface area contributed by atoms with Crippen LogP contribution in [0.15, 0.2) is 71.8 Å². The van der Waals surface area contributed by atoms with E-state index in [-0.39, 0.29) is 23.0 Å². The number of sulfonamides is 1. The van der Waals surface area contributed by atoms with Gasteiger partial charge in [0.25, 0.3) is 15.9 Å². The zero-order valence-corrected chi connectivity index (χ0v) is 16.8. The third-order valence-corrected chi connectivity index (χ3v) is 6.19. The van der Waals surface area contributed by atoms with Crippen molar-refractivity contribution >= 4 is 21.6 Å². The first-order valence-corrected chi connectivity index (χ1v) is 10.3. The monoisotopic (exact) mass is 413 g/mol. The van der Waals surface area contributed by atoms with Gasteiger partial charge in [-0.15, -0.1) is 0 Å². The van der Waals surface area contributed by atoms with Crippen LogP contribution in [0.1, 0.15) is 21.6 Å². The van der Waals surface area contributed by atoms with E-state index in [1.807, 2.05) is 6.92 Å². The van der Waals surface area contributed by atoms with E-state index in [9.17, 15) is 17.6 Å². The Balaban J connectivity index is 1.76. The van der Waals surface area contributed by atoms with Crippen LogP contribution >= 0.6 is 0 Å². The molecule has 6 nitrogen and oxygen atoms in total. The topological polar surface area (TPSA) is 79.4 Å². The molecule has 0 bridgehead atoms. The number of halogens is 1. The zero-order valence-electron chi connectivity index (χ0n) is 16.0. The summed E-state index contributed by atoms with van der Waals surface area (Å²) in [6.45, 7) is 2.07. The molecule has 8 heteroatoms. The maximum Gasteiger partial charge on any atom is 0.270 e. The lowest BCUT2D eigenvalue weighted by atomic mass is 10.2. The molecule has 0 atom stereocenters. The number of aromatic nitrogens is 1. The van der Waals surface area contributed by atoms with Crippen LogP contribution in [-0.4, -0.2) is 26.4 Å². The maximum atomic E-state index is 13.0. The van der Waals surface area contributed by atoms with Crippen LogP contribution < -0.4 is 9.62 Å². The van der Waals surface area contributed by atoms with E-state index in [1.165, 1.54) is 37.5 Å². The first-order valence-electron chi connectivity index (χ1n) is 8.81.